The lowest BCUT2D eigenvalue weighted by Gasteiger charge is -2.37. The van der Waals surface area contributed by atoms with E-state index in [9.17, 15) is 22.8 Å². The Kier molecular flexibility index (Phi) is 7.45. The second-order valence-electron chi connectivity index (χ2n) is 8.37. The van der Waals surface area contributed by atoms with Gasteiger partial charge in [0, 0.05) is 32.4 Å². The maximum Gasteiger partial charge on any atom is 0.435 e. The minimum Gasteiger partial charge on any atom is -0.379 e. The highest BCUT2D eigenvalue weighted by molar-refractivity contribution is 6.30. The van der Waals surface area contributed by atoms with Crippen molar-refractivity contribution in [1.82, 2.24) is 29.8 Å². The molecule has 1 saturated heterocycles. The number of nitrogens with zero attached hydrogens (tertiary/aromatic N) is 6. The van der Waals surface area contributed by atoms with E-state index in [4.69, 9.17) is 16.3 Å². The van der Waals surface area contributed by atoms with Crippen molar-refractivity contribution in [3.05, 3.63) is 33.1 Å². The van der Waals surface area contributed by atoms with Crippen LogP contribution in [-0.4, -0.2) is 81.3 Å². The monoisotopic (exact) mass is 515 g/mol. The van der Waals surface area contributed by atoms with Crippen molar-refractivity contribution >= 4 is 34.6 Å². The van der Waals surface area contributed by atoms with Crippen LogP contribution in [0.2, 0.25) is 0 Å². The maximum atomic E-state index is 13.4. The van der Waals surface area contributed by atoms with Gasteiger partial charge in [-0.3, -0.25) is 14.3 Å². The van der Waals surface area contributed by atoms with Gasteiger partial charge in [-0.25, -0.2) is 10.1 Å². The molecule has 1 unspecified atom stereocenters. The lowest BCUT2D eigenvalue weighted by atomic mass is 10.2. The Balaban J connectivity index is 1.28. The van der Waals surface area contributed by atoms with Gasteiger partial charge in [-0.15, -0.1) is 0 Å². The minimum absolute atomic E-state index is 0.00654. The van der Waals surface area contributed by atoms with E-state index < -0.39 is 28.9 Å². The molecule has 35 heavy (non-hydrogen) atoms. The van der Waals surface area contributed by atoms with Crippen molar-refractivity contribution in [2.75, 3.05) is 39.4 Å². The summed E-state index contributed by atoms with van der Waals surface area (Å²) in [7, 11) is 0. The Bertz CT molecular complexity index is 1200. The molecule has 14 heteroatoms. The second-order valence-corrected chi connectivity index (χ2v) is 8.83. The van der Waals surface area contributed by atoms with Gasteiger partial charge in [-0.1, -0.05) is 11.6 Å². The molecule has 10 nitrogen and oxygen atoms in total. The topological polar surface area (TPSA) is 109 Å². The molecule has 2 aliphatic rings. The number of H-pyrrole nitrogens is 1. The molecule has 0 bridgehead atoms. The predicted octanol–water partition coefficient (Wildman–Crippen LogP) is 2.52. The van der Waals surface area contributed by atoms with Gasteiger partial charge >= 0.3 is 6.18 Å². The number of amides is 1. The van der Waals surface area contributed by atoms with E-state index in [1.807, 2.05) is 11.3 Å². The summed E-state index contributed by atoms with van der Waals surface area (Å²) in [5, 5.41) is 9.37. The second kappa shape index (κ2) is 10.4. The van der Waals surface area contributed by atoms with E-state index in [1.54, 1.807) is 11.8 Å². The summed E-state index contributed by atoms with van der Waals surface area (Å²) in [5.41, 5.74) is -2.27. The van der Waals surface area contributed by atoms with E-state index in [0.717, 1.165) is 34.6 Å². The molecular weight excluding hydrogens is 491 g/mol. The molecule has 4 rings (SSSR count). The average Bonchev–Trinajstić information content (AvgIpc) is 3.24. The van der Waals surface area contributed by atoms with Gasteiger partial charge < -0.3 is 14.5 Å². The highest BCUT2D eigenvalue weighted by Crippen LogP contribution is 2.33. The smallest absolute Gasteiger partial charge is 0.379 e. The van der Waals surface area contributed by atoms with Crippen LogP contribution in [0.15, 0.2) is 26.8 Å². The van der Waals surface area contributed by atoms with Crippen LogP contribution < -0.4 is 5.56 Å². The van der Waals surface area contributed by atoms with Gasteiger partial charge in [0.15, 0.2) is 5.69 Å². The Morgan fingerprint density at radius 2 is 2.03 bits per heavy atom. The van der Waals surface area contributed by atoms with Crippen LogP contribution in [0.4, 0.5) is 13.2 Å². The van der Waals surface area contributed by atoms with E-state index in [-0.39, 0.29) is 31.1 Å². The number of rotatable bonds is 7. The first-order chi connectivity index (χ1) is 16.7. The predicted molar refractivity (Wildman–Crippen MR) is 122 cm³/mol. The molecule has 0 spiro atoms. The van der Waals surface area contributed by atoms with Crippen molar-refractivity contribution in [2.45, 2.75) is 38.4 Å². The average molecular weight is 516 g/mol. The summed E-state index contributed by atoms with van der Waals surface area (Å²) < 4.78 is 46.7. The van der Waals surface area contributed by atoms with Crippen LogP contribution in [0, 0.1) is 0 Å². The fourth-order valence-electron chi connectivity index (χ4n) is 4.12. The van der Waals surface area contributed by atoms with E-state index in [2.05, 4.69) is 20.1 Å². The molecule has 1 amide bonds. The zero-order valence-corrected chi connectivity index (χ0v) is 19.8. The molecule has 4 heterocycles. The van der Waals surface area contributed by atoms with Gasteiger partial charge in [-0.2, -0.15) is 23.4 Å². The highest BCUT2D eigenvalue weighted by Gasteiger charge is 2.38. The lowest BCUT2D eigenvalue weighted by Crippen LogP contribution is -2.48. The molecule has 0 radical (unpaired) electrons. The third kappa shape index (κ3) is 5.50. The molecule has 1 N–H and O–H groups in total. The standard InChI is InChI=1S/C21H25ClF3N7O3/c1-13(32-15-11-27-28-20(34)17(15)18(29-32)21(23,24)25)12-35-10-4-16(33)30-6-8-31(9-7-30)19-14(22)3-2-5-26-19/h5,11,13H,2-4,6-10,12H2,1H3,(H,28,34). The van der Waals surface area contributed by atoms with Crippen molar-refractivity contribution in [1.29, 1.82) is 0 Å². The van der Waals surface area contributed by atoms with Crippen LogP contribution >= 0.6 is 11.6 Å². The summed E-state index contributed by atoms with van der Waals surface area (Å²) in [6, 6.07) is -0.620. The van der Waals surface area contributed by atoms with Crippen molar-refractivity contribution in [3.63, 3.8) is 0 Å². The molecule has 0 aromatic carbocycles. The van der Waals surface area contributed by atoms with E-state index in [0.29, 0.717) is 26.2 Å². The van der Waals surface area contributed by atoms with Crippen LogP contribution in [-0.2, 0) is 15.7 Å². The summed E-state index contributed by atoms with van der Waals surface area (Å²) >= 11 is 6.28. The molecule has 2 aromatic rings. The number of allylic oxidation sites excluding steroid dienone is 1. The zero-order chi connectivity index (χ0) is 25.2. The number of carbonyl (C=O) groups excluding carboxylic acids is 1. The summed E-state index contributed by atoms with van der Waals surface area (Å²) in [4.78, 5) is 32.7. The number of aromatic nitrogens is 4. The maximum absolute atomic E-state index is 13.4. The van der Waals surface area contributed by atoms with Gasteiger partial charge in [0.1, 0.15) is 11.2 Å². The zero-order valence-electron chi connectivity index (χ0n) is 19.0. The third-order valence-electron chi connectivity index (χ3n) is 5.91. The third-order valence-corrected chi connectivity index (χ3v) is 6.27. The number of aliphatic imine (C=N–C) groups is 1. The summed E-state index contributed by atoms with van der Waals surface area (Å²) in [6.07, 6.45) is -0.0752. The number of carbonyl (C=O) groups is 1. The van der Waals surface area contributed by atoms with Crippen LogP contribution in [0.3, 0.4) is 0 Å². The molecule has 2 aliphatic heterocycles. The van der Waals surface area contributed by atoms with Gasteiger partial charge in [-0.05, 0) is 19.8 Å². The van der Waals surface area contributed by atoms with Crippen LogP contribution in [0.5, 0.6) is 0 Å². The SMILES string of the molecule is CC(COCCC(=O)N1CCN(C2=C(Cl)CCC=N2)CC1)n1nc(C(F)(F)F)c2c(=O)[nH]ncc21. The number of alkyl halides is 3. The number of hydrogen-bond donors (Lipinski definition) is 1. The van der Waals surface area contributed by atoms with Crippen LogP contribution in [0.1, 0.15) is 37.9 Å². The van der Waals surface area contributed by atoms with Gasteiger partial charge in [0.25, 0.3) is 5.56 Å². The normalized spacial score (nSPS) is 18.0. The van der Waals surface area contributed by atoms with Crippen molar-refractivity contribution < 1.29 is 22.7 Å². The fraction of sp³-hybridized carbons (Fsp3) is 0.571. The van der Waals surface area contributed by atoms with Crippen LogP contribution in [0.25, 0.3) is 10.9 Å². The molecule has 1 fully saturated rings. The first-order valence-electron chi connectivity index (χ1n) is 11.2. The van der Waals surface area contributed by atoms with Gasteiger partial charge in [0.2, 0.25) is 5.91 Å². The number of fused-ring (bicyclic) bond motifs is 1. The number of nitrogens with one attached hydrogen (secondary N) is 1. The molecular formula is C21H25ClF3N7O3. The molecule has 2 aromatic heterocycles. The Labute approximate surface area is 203 Å². The molecule has 190 valence electrons. The largest absolute Gasteiger partial charge is 0.435 e. The van der Waals surface area contributed by atoms with Gasteiger partial charge in [0.05, 0.1) is 42.4 Å². The number of aromatic amines is 1. The van der Waals surface area contributed by atoms with E-state index >= 15 is 0 Å². The van der Waals surface area contributed by atoms with E-state index in [1.165, 1.54) is 0 Å². The Hall–Kier alpha value is -2.93. The molecule has 1 atom stereocenters. The first-order valence-corrected chi connectivity index (χ1v) is 11.6. The highest BCUT2D eigenvalue weighted by atomic mass is 35.5. The Morgan fingerprint density at radius 3 is 2.71 bits per heavy atom. The quantitative estimate of drug-likeness (QED) is 0.568. The fourth-order valence-corrected chi connectivity index (χ4v) is 4.40. The number of halogens is 4. The Morgan fingerprint density at radius 1 is 1.29 bits per heavy atom. The summed E-state index contributed by atoms with van der Waals surface area (Å²) in [6.45, 7) is 4.07. The summed E-state index contributed by atoms with van der Waals surface area (Å²) in [5.74, 6) is 0.712. The first kappa shape index (κ1) is 25.2. The lowest BCUT2D eigenvalue weighted by molar-refractivity contribution is -0.140. The number of ether oxygens (including phenoxy) is 1. The number of piperazine rings is 1. The minimum atomic E-state index is -4.79. The van der Waals surface area contributed by atoms with Crippen molar-refractivity contribution in [3.8, 4) is 0 Å². The van der Waals surface area contributed by atoms with Crippen molar-refractivity contribution in [2.24, 2.45) is 4.99 Å². The molecule has 0 saturated carbocycles. The molecule has 0 aliphatic carbocycles. The number of hydrogen-bond acceptors (Lipinski definition) is 7.